The van der Waals surface area contributed by atoms with E-state index in [1.54, 1.807) is 0 Å². The first-order valence-electron chi connectivity index (χ1n) is 7.92. The highest BCUT2D eigenvalue weighted by Gasteiger charge is 2.35. The molecule has 1 aliphatic rings. The standard InChI is InChI=1S/C17H27NO2S/c1-13(2)11-12-21(19,20)16-10-6-8-14-7-4-5-9-15(14)17(16)18-3/h4-5,7,9,13,16-18H,6,8,10-12H2,1-3H3. The molecule has 0 fully saturated rings. The molecule has 0 bridgehead atoms. The topological polar surface area (TPSA) is 46.2 Å². The van der Waals surface area contributed by atoms with Crippen LogP contribution in [0.4, 0.5) is 0 Å². The molecule has 4 heteroatoms. The molecular formula is C17H27NO2S. The molecule has 0 aliphatic heterocycles. The summed E-state index contributed by atoms with van der Waals surface area (Å²) in [5.41, 5.74) is 2.45. The van der Waals surface area contributed by atoms with Gasteiger partial charge >= 0.3 is 0 Å². The van der Waals surface area contributed by atoms with Gasteiger partial charge in [-0.1, -0.05) is 38.1 Å². The average molecular weight is 309 g/mol. The molecular weight excluding hydrogens is 282 g/mol. The zero-order valence-corrected chi connectivity index (χ0v) is 14.1. The normalized spacial score (nSPS) is 22.9. The third-order valence-corrected chi connectivity index (χ3v) is 6.68. The second-order valence-electron chi connectivity index (χ2n) is 6.45. The molecule has 118 valence electrons. The van der Waals surface area contributed by atoms with Gasteiger partial charge in [-0.3, -0.25) is 0 Å². The minimum atomic E-state index is -3.07. The fourth-order valence-corrected chi connectivity index (χ4v) is 5.53. The largest absolute Gasteiger partial charge is 0.312 e. The highest BCUT2D eigenvalue weighted by Crippen LogP contribution is 2.33. The summed E-state index contributed by atoms with van der Waals surface area (Å²) < 4.78 is 25.6. The Morgan fingerprint density at radius 1 is 1.29 bits per heavy atom. The van der Waals surface area contributed by atoms with Crippen LogP contribution in [0.25, 0.3) is 0 Å². The van der Waals surface area contributed by atoms with Gasteiger partial charge in [0.05, 0.1) is 11.0 Å². The van der Waals surface area contributed by atoms with Crippen LogP contribution in [-0.4, -0.2) is 26.5 Å². The monoisotopic (exact) mass is 309 g/mol. The Kier molecular flexibility index (Phi) is 5.44. The van der Waals surface area contributed by atoms with Crippen molar-refractivity contribution in [3.05, 3.63) is 35.4 Å². The SMILES string of the molecule is CNC1c2ccccc2CCCC1S(=O)(=O)CCC(C)C. The van der Waals surface area contributed by atoms with Crippen LogP contribution in [0.5, 0.6) is 0 Å². The summed E-state index contributed by atoms with van der Waals surface area (Å²) in [6.07, 6.45) is 3.42. The van der Waals surface area contributed by atoms with Crippen LogP contribution in [0.2, 0.25) is 0 Å². The first kappa shape index (κ1) is 16.5. The van der Waals surface area contributed by atoms with E-state index in [2.05, 4.69) is 31.3 Å². The van der Waals surface area contributed by atoms with Gasteiger partial charge in [-0.2, -0.15) is 0 Å². The Bertz CT molecular complexity index is 566. The number of sulfone groups is 1. The number of nitrogens with one attached hydrogen (secondary N) is 1. The summed E-state index contributed by atoms with van der Waals surface area (Å²) in [7, 11) is -1.20. The summed E-state index contributed by atoms with van der Waals surface area (Å²) in [5.74, 6) is 0.723. The number of fused-ring (bicyclic) bond motifs is 1. The van der Waals surface area contributed by atoms with Gasteiger partial charge in [0.25, 0.3) is 0 Å². The second kappa shape index (κ2) is 6.93. The van der Waals surface area contributed by atoms with Gasteiger partial charge in [-0.25, -0.2) is 8.42 Å². The number of hydrogen-bond acceptors (Lipinski definition) is 3. The molecule has 1 aromatic rings. The van der Waals surface area contributed by atoms with Crippen molar-refractivity contribution in [3.63, 3.8) is 0 Å². The summed E-state index contributed by atoms with van der Waals surface area (Å²) in [5, 5.41) is 2.96. The second-order valence-corrected chi connectivity index (χ2v) is 8.78. The molecule has 2 rings (SSSR count). The Morgan fingerprint density at radius 3 is 2.67 bits per heavy atom. The molecule has 0 heterocycles. The number of rotatable bonds is 5. The van der Waals surface area contributed by atoms with Crippen LogP contribution < -0.4 is 5.32 Å². The first-order valence-corrected chi connectivity index (χ1v) is 9.64. The molecule has 0 radical (unpaired) electrons. The van der Waals surface area contributed by atoms with Gasteiger partial charge in [0.2, 0.25) is 0 Å². The average Bonchev–Trinajstić information content (AvgIpc) is 2.64. The lowest BCUT2D eigenvalue weighted by Crippen LogP contribution is -2.37. The van der Waals surface area contributed by atoms with Crippen LogP contribution in [0.3, 0.4) is 0 Å². The number of aryl methyl sites for hydroxylation is 1. The molecule has 1 aliphatic carbocycles. The van der Waals surface area contributed by atoms with E-state index >= 15 is 0 Å². The Hall–Kier alpha value is -0.870. The molecule has 0 saturated carbocycles. The molecule has 2 atom stereocenters. The van der Waals surface area contributed by atoms with E-state index in [4.69, 9.17) is 0 Å². The van der Waals surface area contributed by atoms with Gasteiger partial charge in [0, 0.05) is 6.04 Å². The molecule has 0 aromatic heterocycles. The van der Waals surface area contributed by atoms with Crippen LogP contribution in [0.15, 0.2) is 24.3 Å². The van der Waals surface area contributed by atoms with Gasteiger partial charge in [0.1, 0.15) is 0 Å². The van der Waals surface area contributed by atoms with Crippen molar-refractivity contribution in [3.8, 4) is 0 Å². The van der Waals surface area contributed by atoms with Crippen molar-refractivity contribution >= 4 is 9.84 Å². The van der Waals surface area contributed by atoms with Gasteiger partial charge < -0.3 is 5.32 Å². The lowest BCUT2D eigenvalue weighted by molar-refractivity contribution is 0.495. The zero-order chi connectivity index (χ0) is 15.5. The Morgan fingerprint density at radius 2 is 2.00 bits per heavy atom. The maximum absolute atomic E-state index is 12.8. The molecule has 0 amide bonds. The fourth-order valence-electron chi connectivity index (χ4n) is 3.21. The zero-order valence-electron chi connectivity index (χ0n) is 13.3. The quantitative estimate of drug-likeness (QED) is 0.850. The molecule has 0 saturated heterocycles. The summed E-state index contributed by atoms with van der Waals surface area (Å²) in [4.78, 5) is 0. The minimum Gasteiger partial charge on any atom is -0.312 e. The van der Waals surface area contributed by atoms with E-state index in [1.165, 1.54) is 5.56 Å². The van der Waals surface area contributed by atoms with Gasteiger partial charge in [-0.15, -0.1) is 0 Å². The maximum atomic E-state index is 12.8. The fraction of sp³-hybridized carbons (Fsp3) is 0.647. The highest BCUT2D eigenvalue weighted by atomic mass is 32.2. The predicted octanol–water partition coefficient (Wildman–Crippen LogP) is 3.11. The smallest absolute Gasteiger partial charge is 0.155 e. The molecule has 1 N–H and O–H groups in total. The lowest BCUT2D eigenvalue weighted by Gasteiger charge is -2.26. The van der Waals surface area contributed by atoms with E-state index in [9.17, 15) is 8.42 Å². The van der Waals surface area contributed by atoms with Crippen molar-refractivity contribution in [2.45, 2.75) is 50.8 Å². The van der Waals surface area contributed by atoms with Crippen molar-refractivity contribution in [1.29, 1.82) is 0 Å². The number of benzene rings is 1. The van der Waals surface area contributed by atoms with Crippen molar-refractivity contribution in [2.24, 2.45) is 5.92 Å². The van der Waals surface area contributed by atoms with E-state index in [0.717, 1.165) is 31.2 Å². The molecule has 3 nitrogen and oxygen atoms in total. The molecule has 2 unspecified atom stereocenters. The maximum Gasteiger partial charge on any atom is 0.155 e. The van der Waals surface area contributed by atoms with E-state index in [1.807, 2.05) is 19.2 Å². The molecule has 21 heavy (non-hydrogen) atoms. The van der Waals surface area contributed by atoms with Gasteiger partial charge in [-0.05, 0) is 49.8 Å². The first-order chi connectivity index (χ1) is 9.95. The van der Waals surface area contributed by atoms with E-state index in [-0.39, 0.29) is 11.3 Å². The third-order valence-electron chi connectivity index (χ3n) is 4.45. The van der Waals surface area contributed by atoms with Crippen molar-refractivity contribution in [1.82, 2.24) is 5.32 Å². The van der Waals surface area contributed by atoms with Crippen molar-refractivity contribution < 1.29 is 8.42 Å². The number of hydrogen-bond donors (Lipinski definition) is 1. The predicted molar refractivity (Wildman–Crippen MR) is 88.2 cm³/mol. The lowest BCUT2D eigenvalue weighted by atomic mass is 9.99. The van der Waals surface area contributed by atoms with Crippen LogP contribution >= 0.6 is 0 Å². The summed E-state index contributed by atoms with van der Waals surface area (Å²) in [6.45, 7) is 4.15. The summed E-state index contributed by atoms with van der Waals surface area (Å²) in [6, 6.07) is 8.17. The van der Waals surface area contributed by atoms with Gasteiger partial charge in [0.15, 0.2) is 9.84 Å². The minimum absolute atomic E-state index is 0.0825. The Labute approximate surface area is 129 Å². The molecule has 0 spiro atoms. The van der Waals surface area contributed by atoms with Crippen LogP contribution in [-0.2, 0) is 16.3 Å². The Balaban J connectivity index is 2.31. The van der Waals surface area contributed by atoms with Crippen molar-refractivity contribution in [2.75, 3.05) is 12.8 Å². The van der Waals surface area contributed by atoms with Crippen LogP contribution in [0.1, 0.15) is 50.3 Å². The summed E-state index contributed by atoms with van der Waals surface area (Å²) >= 11 is 0. The van der Waals surface area contributed by atoms with E-state index in [0.29, 0.717) is 11.7 Å². The van der Waals surface area contributed by atoms with Crippen LogP contribution in [0, 0.1) is 5.92 Å². The highest BCUT2D eigenvalue weighted by molar-refractivity contribution is 7.92. The third kappa shape index (κ3) is 3.86. The molecule has 1 aromatic carbocycles. The van der Waals surface area contributed by atoms with E-state index < -0.39 is 9.84 Å².